The molecule has 1 aromatic rings. The maximum Gasteiger partial charge on any atom is 0.138 e. The molecule has 1 N–H and O–H groups in total. The molecule has 11 heavy (non-hydrogen) atoms. The average molecular weight is 151 g/mol. The van der Waals surface area contributed by atoms with Crippen LogP contribution in [0.3, 0.4) is 0 Å². The monoisotopic (exact) mass is 151 g/mol. The van der Waals surface area contributed by atoms with E-state index in [0.29, 0.717) is 6.04 Å². The highest BCUT2D eigenvalue weighted by Gasteiger charge is 2.54. The molecule has 0 radical (unpaired) electrons. The highest BCUT2D eigenvalue weighted by Crippen LogP contribution is 2.51. The highest BCUT2D eigenvalue weighted by atomic mass is 15.5. The maximum absolute atomic E-state index is 3.89. The second-order valence-corrected chi connectivity index (χ2v) is 3.27. The minimum Gasteiger partial charge on any atom is -0.316 e. The van der Waals surface area contributed by atoms with E-state index in [1.165, 1.54) is 0 Å². The number of rotatable bonds is 1. The number of aromatic nitrogens is 4. The fourth-order valence-electron chi connectivity index (χ4n) is 2.08. The van der Waals surface area contributed by atoms with Gasteiger partial charge in [-0.15, -0.1) is 5.10 Å². The van der Waals surface area contributed by atoms with Gasteiger partial charge >= 0.3 is 0 Å². The van der Waals surface area contributed by atoms with E-state index in [1.54, 1.807) is 6.33 Å². The molecule has 5 heteroatoms. The fourth-order valence-corrected chi connectivity index (χ4v) is 2.08. The molecule has 2 aliphatic rings. The summed E-state index contributed by atoms with van der Waals surface area (Å²) in [6.45, 7) is 2.27. The highest BCUT2D eigenvalue weighted by molar-refractivity contribution is 5.06. The Bertz CT molecular complexity index is 246. The van der Waals surface area contributed by atoms with Gasteiger partial charge in [0.1, 0.15) is 6.33 Å². The maximum atomic E-state index is 3.89. The van der Waals surface area contributed by atoms with E-state index in [2.05, 4.69) is 20.8 Å². The van der Waals surface area contributed by atoms with Gasteiger partial charge in [0.25, 0.3) is 0 Å². The van der Waals surface area contributed by atoms with Crippen LogP contribution in [0.15, 0.2) is 6.33 Å². The summed E-state index contributed by atoms with van der Waals surface area (Å²) in [7, 11) is 0. The lowest BCUT2D eigenvalue weighted by Gasteiger charge is -2.01. The van der Waals surface area contributed by atoms with Crippen LogP contribution in [0, 0.1) is 11.8 Å². The van der Waals surface area contributed by atoms with Gasteiger partial charge in [-0.05, 0) is 10.4 Å². The van der Waals surface area contributed by atoms with Crippen molar-refractivity contribution in [2.45, 2.75) is 6.04 Å². The molecule has 1 aliphatic carbocycles. The van der Waals surface area contributed by atoms with E-state index in [9.17, 15) is 0 Å². The molecule has 3 rings (SSSR count). The average Bonchev–Trinajstić information content (AvgIpc) is 2.57. The van der Waals surface area contributed by atoms with Gasteiger partial charge in [-0.1, -0.05) is 0 Å². The van der Waals surface area contributed by atoms with Gasteiger partial charge in [0.2, 0.25) is 0 Å². The van der Waals surface area contributed by atoms with Crippen molar-refractivity contribution in [1.29, 1.82) is 0 Å². The second kappa shape index (κ2) is 1.79. The predicted octanol–water partition coefficient (Wildman–Crippen LogP) is -0.937. The fraction of sp³-hybridized carbons (Fsp3) is 0.833. The number of tetrazole rings is 1. The summed E-state index contributed by atoms with van der Waals surface area (Å²) in [4.78, 5) is 0. The first-order valence-electron chi connectivity index (χ1n) is 3.90. The molecule has 0 bridgehead atoms. The molecule has 1 unspecified atom stereocenters. The standard InChI is InChI=1S/C6H9N5/c1-4-5(2-7-1)6(4)11-3-8-9-10-11/h3-7H,1-2H2/t4-,5+,6?. The first kappa shape index (κ1) is 5.65. The van der Waals surface area contributed by atoms with Crippen LogP contribution < -0.4 is 5.32 Å². The van der Waals surface area contributed by atoms with Crippen LogP contribution in [-0.4, -0.2) is 33.3 Å². The van der Waals surface area contributed by atoms with Crippen LogP contribution in [0.4, 0.5) is 0 Å². The van der Waals surface area contributed by atoms with Gasteiger partial charge < -0.3 is 5.32 Å². The van der Waals surface area contributed by atoms with E-state index in [1.807, 2.05) is 4.68 Å². The van der Waals surface area contributed by atoms with Crippen LogP contribution in [0.5, 0.6) is 0 Å². The molecular weight excluding hydrogens is 142 g/mol. The molecule has 0 spiro atoms. The molecule has 2 heterocycles. The van der Waals surface area contributed by atoms with Gasteiger partial charge in [0, 0.05) is 24.9 Å². The molecule has 1 aliphatic heterocycles. The van der Waals surface area contributed by atoms with Crippen LogP contribution in [-0.2, 0) is 0 Å². The zero-order valence-electron chi connectivity index (χ0n) is 6.01. The molecule has 5 nitrogen and oxygen atoms in total. The second-order valence-electron chi connectivity index (χ2n) is 3.27. The summed E-state index contributed by atoms with van der Waals surface area (Å²) in [5, 5.41) is 14.5. The summed E-state index contributed by atoms with van der Waals surface area (Å²) in [5.74, 6) is 1.58. The van der Waals surface area contributed by atoms with Gasteiger partial charge in [-0.25, -0.2) is 4.68 Å². The summed E-state index contributed by atoms with van der Waals surface area (Å²) in [6.07, 6.45) is 1.71. The van der Waals surface area contributed by atoms with Crippen molar-refractivity contribution >= 4 is 0 Å². The lowest BCUT2D eigenvalue weighted by atomic mass is 10.4. The molecule has 58 valence electrons. The quantitative estimate of drug-likeness (QED) is 0.563. The smallest absolute Gasteiger partial charge is 0.138 e. The van der Waals surface area contributed by atoms with Crippen LogP contribution >= 0.6 is 0 Å². The Morgan fingerprint density at radius 1 is 1.36 bits per heavy atom. The van der Waals surface area contributed by atoms with E-state index in [4.69, 9.17) is 0 Å². The van der Waals surface area contributed by atoms with Crippen LogP contribution in [0.1, 0.15) is 6.04 Å². The third kappa shape index (κ3) is 0.659. The molecular formula is C6H9N5. The van der Waals surface area contributed by atoms with Crippen molar-refractivity contribution in [2.75, 3.05) is 13.1 Å². The largest absolute Gasteiger partial charge is 0.316 e. The lowest BCUT2D eigenvalue weighted by molar-refractivity contribution is 0.509. The van der Waals surface area contributed by atoms with E-state index in [-0.39, 0.29) is 0 Å². The first-order chi connectivity index (χ1) is 5.47. The van der Waals surface area contributed by atoms with Crippen molar-refractivity contribution in [2.24, 2.45) is 11.8 Å². The van der Waals surface area contributed by atoms with E-state index >= 15 is 0 Å². The molecule has 1 saturated carbocycles. The zero-order valence-corrected chi connectivity index (χ0v) is 6.01. The Balaban J connectivity index is 1.85. The SMILES string of the molecule is c1nnnn1C1[C@H]2CNC[C@@H]12. The molecule has 2 fully saturated rings. The predicted molar refractivity (Wildman–Crippen MR) is 36.7 cm³/mol. The summed E-state index contributed by atoms with van der Waals surface area (Å²) in [6, 6.07) is 0.589. The van der Waals surface area contributed by atoms with Crippen molar-refractivity contribution < 1.29 is 0 Å². The first-order valence-corrected chi connectivity index (χ1v) is 3.90. The number of nitrogens with one attached hydrogen (secondary N) is 1. The number of hydrogen-bond acceptors (Lipinski definition) is 4. The Morgan fingerprint density at radius 2 is 2.18 bits per heavy atom. The van der Waals surface area contributed by atoms with Crippen LogP contribution in [0.25, 0.3) is 0 Å². The number of hydrogen-bond donors (Lipinski definition) is 1. The Kier molecular flexibility index (Phi) is 0.920. The van der Waals surface area contributed by atoms with Crippen LogP contribution in [0.2, 0.25) is 0 Å². The summed E-state index contributed by atoms with van der Waals surface area (Å²) < 4.78 is 1.89. The third-order valence-electron chi connectivity index (χ3n) is 2.72. The van der Waals surface area contributed by atoms with E-state index < -0.39 is 0 Å². The van der Waals surface area contributed by atoms with Crippen molar-refractivity contribution in [3.8, 4) is 0 Å². The van der Waals surface area contributed by atoms with Gasteiger partial charge in [0.15, 0.2) is 0 Å². The third-order valence-corrected chi connectivity index (χ3v) is 2.72. The van der Waals surface area contributed by atoms with Crippen molar-refractivity contribution in [3.05, 3.63) is 6.33 Å². The minimum absolute atomic E-state index is 0.589. The Hall–Kier alpha value is -0.970. The summed E-state index contributed by atoms with van der Waals surface area (Å²) in [5.41, 5.74) is 0. The number of nitrogens with zero attached hydrogens (tertiary/aromatic N) is 4. The lowest BCUT2D eigenvalue weighted by Crippen LogP contribution is -2.16. The molecule has 0 amide bonds. The molecule has 3 atom stereocenters. The van der Waals surface area contributed by atoms with Gasteiger partial charge in [-0.2, -0.15) is 0 Å². The minimum atomic E-state index is 0.589. The topological polar surface area (TPSA) is 55.6 Å². The van der Waals surface area contributed by atoms with Gasteiger partial charge in [-0.3, -0.25) is 0 Å². The Labute approximate surface area is 63.8 Å². The zero-order chi connectivity index (χ0) is 7.26. The molecule has 1 saturated heterocycles. The number of piperidine rings is 1. The Morgan fingerprint density at radius 3 is 2.82 bits per heavy atom. The van der Waals surface area contributed by atoms with Crippen molar-refractivity contribution in [3.63, 3.8) is 0 Å². The van der Waals surface area contributed by atoms with Crippen molar-refractivity contribution in [1.82, 2.24) is 25.5 Å². The van der Waals surface area contributed by atoms with E-state index in [0.717, 1.165) is 24.9 Å². The van der Waals surface area contributed by atoms with Gasteiger partial charge in [0.05, 0.1) is 6.04 Å². The normalized spacial score (nSPS) is 40.5. The number of fused-ring (bicyclic) bond motifs is 1. The molecule has 0 aromatic carbocycles. The molecule has 1 aromatic heterocycles. The summed E-state index contributed by atoms with van der Waals surface area (Å²) >= 11 is 0.